The van der Waals surface area contributed by atoms with Crippen LogP contribution in [0.4, 0.5) is 4.39 Å². The van der Waals surface area contributed by atoms with Gasteiger partial charge in [-0.1, -0.05) is 18.2 Å². The third-order valence-corrected chi connectivity index (χ3v) is 6.58. The first-order valence-corrected chi connectivity index (χ1v) is 10.9. The van der Waals surface area contributed by atoms with Gasteiger partial charge in [0, 0.05) is 18.9 Å². The number of hydrogen-bond acceptors (Lipinski definition) is 5. The van der Waals surface area contributed by atoms with Crippen molar-refractivity contribution in [2.75, 3.05) is 13.2 Å². The molecular formula is C22H21FN2O4S. The highest BCUT2D eigenvalue weighted by molar-refractivity contribution is 7.91. The van der Waals surface area contributed by atoms with E-state index in [9.17, 15) is 17.6 Å². The summed E-state index contributed by atoms with van der Waals surface area (Å²) in [5.74, 6) is -0.812. The fraction of sp³-hybridized carbons (Fsp3) is 0.182. The maximum absolute atomic E-state index is 13.9. The molecular weight excluding hydrogens is 407 g/mol. The second kappa shape index (κ2) is 9.49. The summed E-state index contributed by atoms with van der Waals surface area (Å²) in [4.78, 5) is 16.5. The first-order valence-electron chi connectivity index (χ1n) is 9.33. The van der Waals surface area contributed by atoms with Crippen molar-refractivity contribution in [1.29, 1.82) is 0 Å². The molecule has 1 atom stereocenters. The van der Waals surface area contributed by atoms with E-state index in [0.29, 0.717) is 17.9 Å². The molecule has 0 aliphatic heterocycles. The molecule has 1 aromatic heterocycles. The van der Waals surface area contributed by atoms with Crippen LogP contribution in [0.15, 0.2) is 78.0 Å². The van der Waals surface area contributed by atoms with Crippen molar-refractivity contribution in [2.24, 2.45) is 0 Å². The summed E-state index contributed by atoms with van der Waals surface area (Å²) >= 11 is 0. The number of aromatic nitrogens is 1. The highest BCUT2D eigenvalue weighted by Gasteiger charge is 2.30. The summed E-state index contributed by atoms with van der Waals surface area (Å²) in [6, 6.07) is 14.8. The minimum Gasteiger partial charge on any atom is -0.494 e. The number of nitrogens with one attached hydrogen (secondary N) is 1. The molecule has 0 spiro atoms. The second-order valence-corrected chi connectivity index (χ2v) is 8.54. The Labute approximate surface area is 174 Å². The third kappa shape index (κ3) is 4.83. The molecule has 6 nitrogen and oxygen atoms in total. The van der Waals surface area contributed by atoms with Crippen LogP contribution in [-0.2, 0) is 9.84 Å². The van der Waals surface area contributed by atoms with Gasteiger partial charge in [0.05, 0.1) is 17.1 Å². The molecule has 0 saturated carbocycles. The minimum atomic E-state index is -3.88. The van der Waals surface area contributed by atoms with Gasteiger partial charge in [-0.05, 0) is 55.0 Å². The van der Waals surface area contributed by atoms with Crippen molar-refractivity contribution in [2.45, 2.75) is 17.1 Å². The van der Waals surface area contributed by atoms with E-state index in [-0.39, 0.29) is 17.0 Å². The molecule has 0 bridgehead atoms. The second-order valence-electron chi connectivity index (χ2n) is 6.41. The molecule has 2 aromatic carbocycles. The van der Waals surface area contributed by atoms with Gasteiger partial charge in [-0.2, -0.15) is 0 Å². The molecule has 0 aliphatic rings. The van der Waals surface area contributed by atoms with Crippen LogP contribution in [0.25, 0.3) is 0 Å². The molecule has 3 aromatic rings. The lowest BCUT2D eigenvalue weighted by atomic mass is 10.2. The summed E-state index contributed by atoms with van der Waals surface area (Å²) in [7, 11) is -3.88. The van der Waals surface area contributed by atoms with Gasteiger partial charge in [-0.3, -0.25) is 9.78 Å². The van der Waals surface area contributed by atoms with Crippen molar-refractivity contribution in [3.8, 4) is 5.75 Å². The van der Waals surface area contributed by atoms with Crippen LogP contribution >= 0.6 is 0 Å². The number of ether oxygens (including phenoxy) is 1. The Bertz CT molecular complexity index is 1100. The standard InChI is InChI=1S/C22H21FN2O4S/c1-2-29-17-9-11-18(12-10-17)30(27,28)21(16-6-5-13-24-14-16)15-25-22(26)19-7-3-4-8-20(19)23/h3-14,21H,2,15H2,1H3,(H,25,26). The Hall–Kier alpha value is -3.26. The number of hydrogen-bond donors (Lipinski definition) is 1. The lowest BCUT2D eigenvalue weighted by molar-refractivity contribution is 0.0949. The topological polar surface area (TPSA) is 85.4 Å². The lowest BCUT2D eigenvalue weighted by Gasteiger charge is -2.19. The van der Waals surface area contributed by atoms with Gasteiger partial charge in [0.2, 0.25) is 0 Å². The average Bonchev–Trinajstić information content (AvgIpc) is 2.75. The molecule has 0 radical (unpaired) electrons. The monoisotopic (exact) mass is 428 g/mol. The zero-order valence-electron chi connectivity index (χ0n) is 16.3. The van der Waals surface area contributed by atoms with Gasteiger partial charge in [0.15, 0.2) is 9.84 Å². The van der Waals surface area contributed by atoms with Crippen LogP contribution in [-0.4, -0.2) is 32.5 Å². The number of pyridine rings is 1. The van der Waals surface area contributed by atoms with Crippen molar-refractivity contribution < 1.29 is 22.3 Å². The molecule has 8 heteroatoms. The van der Waals surface area contributed by atoms with E-state index >= 15 is 0 Å². The average molecular weight is 428 g/mol. The maximum atomic E-state index is 13.9. The van der Waals surface area contributed by atoms with Crippen LogP contribution in [0, 0.1) is 5.82 Å². The van der Waals surface area contributed by atoms with Crippen molar-refractivity contribution in [3.63, 3.8) is 0 Å². The number of halogens is 1. The van der Waals surface area contributed by atoms with Crippen LogP contribution in [0.2, 0.25) is 0 Å². The van der Waals surface area contributed by atoms with Crippen LogP contribution in [0.1, 0.15) is 28.1 Å². The number of amides is 1. The predicted octanol–water partition coefficient (Wildman–Crippen LogP) is 3.56. The van der Waals surface area contributed by atoms with Crippen LogP contribution < -0.4 is 10.1 Å². The normalized spacial score (nSPS) is 12.2. The van der Waals surface area contributed by atoms with Crippen LogP contribution in [0.5, 0.6) is 5.75 Å². The largest absolute Gasteiger partial charge is 0.494 e. The van der Waals surface area contributed by atoms with Gasteiger partial charge >= 0.3 is 0 Å². The predicted molar refractivity (Wildman–Crippen MR) is 111 cm³/mol. The first kappa shape index (κ1) is 21.4. The zero-order chi connectivity index (χ0) is 21.6. The number of carbonyl (C=O) groups excluding carboxylic acids is 1. The van der Waals surface area contributed by atoms with Gasteiger partial charge in [-0.15, -0.1) is 0 Å². The quantitative estimate of drug-likeness (QED) is 0.593. The molecule has 1 unspecified atom stereocenters. The fourth-order valence-electron chi connectivity index (χ4n) is 2.96. The molecule has 0 fully saturated rings. The van der Waals surface area contributed by atoms with E-state index in [0.717, 1.165) is 0 Å². The molecule has 0 saturated heterocycles. The van der Waals surface area contributed by atoms with Gasteiger partial charge in [0.1, 0.15) is 16.8 Å². The molecule has 1 N–H and O–H groups in total. The van der Waals surface area contributed by atoms with E-state index in [1.165, 1.54) is 48.8 Å². The van der Waals surface area contributed by atoms with Crippen LogP contribution in [0.3, 0.4) is 0 Å². The van der Waals surface area contributed by atoms with Crippen molar-refractivity contribution >= 4 is 15.7 Å². The van der Waals surface area contributed by atoms with Crippen molar-refractivity contribution in [3.05, 3.63) is 90.0 Å². The van der Waals surface area contributed by atoms with Gasteiger partial charge < -0.3 is 10.1 Å². The van der Waals surface area contributed by atoms with Gasteiger partial charge in [-0.25, -0.2) is 12.8 Å². The molecule has 30 heavy (non-hydrogen) atoms. The third-order valence-electron chi connectivity index (χ3n) is 4.46. The number of nitrogens with zero attached hydrogens (tertiary/aromatic N) is 1. The summed E-state index contributed by atoms with van der Waals surface area (Å²) in [5, 5.41) is 1.44. The Morgan fingerprint density at radius 1 is 1.10 bits per heavy atom. The van der Waals surface area contributed by atoms with E-state index in [4.69, 9.17) is 4.74 Å². The van der Waals surface area contributed by atoms with E-state index in [1.807, 2.05) is 6.92 Å². The van der Waals surface area contributed by atoms with E-state index in [2.05, 4.69) is 10.3 Å². The first-order chi connectivity index (χ1) is 14.4. The van der Waals surface area contributed by atoms with E-state index < -0.39 is 26.8 Å². The molecule has 156 valence electrons. The maximum Gasteiger partial charge on any atom is 0.254 e. The fourth-order valence-corrected chi connectivity index (χ4v) is 4.60. The smallest absolute Gasteiger partial charge is 0.254 e. The summed E-state index contributed by atoms with van der Waals surface area (Å²) in [6.45, 7) is 2.06. The van der Waals surface area contributed by atoms with Gasteiger partial charge in [0.25, 0.3) is 5.91 Å². The molecule has 1 heterocycles. The Morgan fingerprint density at radius 3 is 2.47 bits per heavy atom. The number of benzene rings is 2. The molecule has 0 aliphatic carbocycles. The zero-order valence-corrected chi connectivity index (χ0v) is 17.1. The number of sulfone groups is 1. The Morgan fingerprint density at radius 2 is 1.83 bits per heavy atom. The molecule has 3 rings (SSSR count). The van der Waals surface area contributed by atoms with Crippen molar-refractivity contribution in [1.82, 2.24) is 10.3 Å². The summed E-state index contributed by atoms with van der Waals surface area (Å²) in [6.07, 6.45) is 2.97. The summed E-state index contributed by atoms with van der Waals surface area (Å²) in [5.41, 5.74) is 0.265. The number of rotatable bonds is 8. The molecule has 1 amide bonds. The number of carbonyl (C=O) groups is 1. The highest BCUT2D eigenvalue weighted by atomic mass is 32.2. The van der Waals surface area contributed by atoms with E-state index in [1.54, 1.807) is 24.3 Å². The summed E-state index contributed by atoms with van der Waals surface area (Å²) < 4.78 is 45.9. The minimum absolute atomic E-state index is 0.0833. The SMILES string of the molecule is CCOc1ccc(S(=O)(=O)C(CNC(=O)c2ccccc2F)c2cccnc2)cc1. The Kier molecular flexibility index (Phi) is 6.79. The Balaban J connectivity index is 1.89. The highest BCUT2D eigenvalue weighted by Crippen LogP contribution is 2.29. The lowest BCUT2D eigenvalue weighted by Crippen LogP contribution is -2.32.